The van der Waals surface area contributed by atoms with Gasteiger partial charge in [-0.3, -0.25) is 4.90 Å². The number of rotatable bonds is 3. The second-order valence-electron chi connectivity index (χ2n) is 6.54. The SMILES string of the molecule is C[C@@H]1CN(Cc2ccc([Si](C)(C)C)cc2)CCN1. The Morgan fingerprint density at radius 1 is 1.22 bits per heavy atom. The molecule has 1 aromatic rings. The summed E-state index contributed by atoms with van der Waals surface area (Å²) in [6, 6.07) is 9.95. The van der Waals surface area contributed by atoms with Gasteiger partial charge in [0.1, 0.15) is 0 Å². The van der Waals surface area contributed by atoms with E-state index < -0.39 is 8.07 Å². The maximum Gasteiger partial charge on any atom is 0.0775 e. The Morgan fingerprint density at radius 2 is 1.89 bits per heavy atom. The predicted octanol–water partition coefficient (Wildman–Crippen LogP) is 2.03. The molecule has 3 heteroatoms. The lowest BCUT2D eigenvalue weighted by Crippen LogP contribution is -2.48. The molecule has 1 atom stereocenters. The Hall–Kier alpha value is -0.643. The summed E-state index contributed by atoms with van der Waals surface area (Å²) in [5, 5.41) is 5.05. The second kappa shape index (κ2) is 5.55. The lowest BCUT2D eigenvalue weighted by atomic mass is 10.1. The van der Waals surface area contributed by atoms with E-state index in [9.17, 15) is 0 Å². The van der Waals surface area contributed by atoms with Crippen LogP contribution in [0.4, 0.5) is 0 Å². The zero-order valence-corrected chi connectivity index (χ0v) is 13.2. The van der Waals surface area contributed by atoms with E-state index in [4.69, 9.17) is 0 Å². The van der Waals surface area contributed by atoms with Crippen LogP contribution in [-0.2, 0) is 6.54 Å². The molecular weight excluding hydrogens is 236 g/mol. The van der Waals surface area contributed by atoms with Crippen molar-refractivity contribution >= 4 is 13.3 Å². The van der Waals surface area contributed by atoms with Crippen LogP contribution in [0.1, 0.15) is 12.5 Å². The molecule has 0 bridgehead atoms. The normalized spacial score (nSPS) is 22.1. The predicted molar refractivity (Wildman–Crippen MR) is 82.2 cm³/mol. The maximum atomic E-state index is 3.49. The Bertz CT molecular complexity index is 380. The van der Waals surface area contributed by atoms with E-state index in [0.29, 0.717) is 6.04 Å². The quantitative estimate of drug-likeness (QED) is 0.839. The van der Waals surface area contributed by atoms with Crippen LogP contribution >= 0.6 is 0 Å². The van der Waals surface area contributed by atoms with E-state index in [2.05, 4.69) is 61.0 Å². The summed E-state index contributed by atoms with van der Waals surface area (Å²) in [5.41, 5.74) is 1.45. The average molecular weight is 262 g/mol. The number of benzene rings is 1. The van der Waals surface area contributed by atoms with Crippen molar-refractivity contribution in [1.82, 2.24) is 10.2 Å². The zero-order chi connectivity index (χ0) is 13.2. The fourth-order valence-electron chi connectivity index (χ4n) is 2.52. The van der Waals surface area contributed by atoms with Crippen LogP contribution in [0.25, 0.3) is 0 Å². The molecule has 18 heavy (non-hydrogen) atoms. The molecule has 0 aromatic heterocycles. The summed E-state index contributed by atoms with van der Waals surface area (Å²) in [6.45, 7) is 14.0. The number of nitrogens with zero attached hydrogens (tertiary/aromatic N) is 1. The maximum absolute atomic E-state index is 3.49. The van der Waals surface area contributed by atoms with Gasteiger partial charge in [-0.1, -0.05) is 49.1 Å². The zero-order valence-electron chi connectivity index (χ0n) is 12.2. The molecule has 1 heterocycles. The molecule has 0 amide bonds. The fraction of sp³-hybridized carbons (Fsp3) is 0.600. The van der Waals surface area contributed by atoms with Gasteiger partial charge in [0.25, 0.3) is 0 Å². The number of piperazine rings is 1. The van der Waals surface area contributed by atoms with E-state index in [0.717, 1.165) is 19.6 Å². The van der Waals surface area contributed by atoms with Gasteiger partial charge in [0.15, 0.2) is 0 Å². The van der Waals surface area contributed by atoms with Crippen LogP contribution in [0.3, 0.4) is 0 Å². The minimum Gasteiger partial charge on any atom is -0.312 e. The second-order valence-corrected chi connectivity index (χ2v) is 11.6. The minimum absolute atomic E-state index is 0.625. The van der Waals surface area contributed by atoms with Crippen molar-refractivity contribution in [3.63, 3.8) is 0 Å². The van der Waals surface area contributed by atoms with Crippen molar-refractivity contribution in [2.24, 2.45) is 0 Å². The molecule has 0 spiro atoms. The molecule has 1 aromatic carbocycles. The molecule has 0 aliphatic carbocycles. The third-order valence-corrected chi connectivity index (χ3v) is 5.74. The first-order valence-electron chi connectivity index (χ1n) is 7.00. The van der Waals surface area contributed by atoms with Crippen LogP contribution in [0, 0.1) is 0 Å². The minimum atomic E-state index is -1.14. The largest absolute Gasteiger partial charge is 0.312 e. The van der Waals surface area contributed by atoms with Crippen molar-refractivity contribution in [3.05, 3.63) is 29.8 Å². The van der Waals surface area contributed by atoms with Gasteiger partial charge < -0.3 is 5.32 Å². The van der Waals surface area contributed by atoms with Gasteiger partial charge in [-0.25, -0.2) is 0 Å². The standard InChI is InChI=1S/C15H26N2Si/c1-13-11-17(10-9-16-13)12-14-5-7-15(8-6-14)18(2,3)4/h5-8,13,16H,9-12H2,1-4H3/t13-/m1/s1. The Kier molecular flexibility index (Phi) is 4.25. The van der Waals surface area contributed by atoms with Gasteiger partial charge >= 0.3 is 0 Å². The third-order valence-electron chi connectivity index (χ3n) is 3.68. The first-order valence-corrected chi connectivity index (χ1v) is 10.5. The lowest BCUT2D eigenvalue weighted by Gasteiger charge is -2.31. The molecule has 100 valence electrons. The molecule has 1 saturated heterocycles. The van der Waals surface area contributed by atoms with Crippen LogP contribution in [0.2, 0.25) is 19.6 Å². The molecular formula is C15H26N2Si. The Labute approximate surface area is 112 Å². The van der Waals surface area contributed by atoms with Crippen molar-refractivity contribution < 1.29 is 0 Å². The molecule has 0 unspecified atom stereocenters. The van der Waals surface area contributed by atoms with Crippen molar-refractivity contribution in [2.75, 3.05) is 19.6 Å². The Balaban J connectivity index is 1.98. The van der Waals surface area contributed by atoms with Gasteiger partial charge in [0.05, 0.1) is 8.07 Å². The van der Waals surface area contributed by atoms with E-state index in [-0.39, 0.29) is 0 Å². The Morgan fingerprint density at radius 3 is 2.44 bits per heavy atom. The highest BCUT2D eigenvalue weighted by molar-refractivity contribution is 6.88. The van der Waals surface area contributed by atoms with Gasteiger partial charge in [-0.05, 0) is 12.5 Å². The molecule has 1 aliphatic rings. The van der Waals surface area contributed by atoms with Crippen LogP contribution in [-0.4, -0.2) is 38.6 Å². The van der Waals surface area contributed by atoms with Gasteiger partial charge in [0.2, 0.25) is 0 Å². The van der Waals surface area contributed by atoms with Gasteiger partial charge in [-0.15, -0.1) is 0 Å². The van der Waals surface area contributed by atoms with Crippen LogP contribution in [0.15, 0.2) is 24.3 Å². The van der Waals surface area contributed by atoms with Crippen molar-refractivity contribution in [2.45, 2.75) is 39.2 Å². The van der Waals surface area contributed by atoms with E-state index in [1.54, 1.807) is 5.19 Å². The van der Waals surface area contributed by atoms with E-state index >= 15 is 0 Å². The summed E-state index contributed by atoms with van der Waals surface area (Å²) in [4.78, 5) is 2.55. The molecule has 0 saturated carbocycles. The smallest absolute Gasteiger partial charge is 0.0775 e. The van der Waals surface area contributed by atoms with E-state index in [1.165, 1.54) is 12.1 Å². The molecule has 1 aliphatic heterocycles. The van der Waals surface area contributed by atoms with E-state index in [1.807, 2.05) is 0 Å². The van der Waals surface area contributed by atoms with Gasteiger partial charge in [0, 0.05) is 32.2 Å². The third kappa shape index (κ3) is 3.67. The summed E-state index contributed by atoms with van der Waals surface area (Å²) >= 11 is 0. The highest BCUT2D eigenvalue weighted by Crippen LogP contribution is 2.09. The molecule has 2 rings (SSSR count). The molecule has 1 N–H and O–H groups in total. The van der Waals surface area contributed by atoms with Crippen molar-refractivity contribution in [1.29, 1.82) is 0 Å². The van der Waals surface area contributed by atoms with Crippen molar-refractivity contribution in [3.8, 4) is 0 Å². The fourth-order valence-corrected chi connectivity index (χ4v) is 3.69. The highest BCUT2D eigenvalue weighted by atomic mass is 28.3. The van der Waals surface area contributed by atoms with Crippen LogP contribution < -0.4 is 10.5 Å². The average Bonchev–Trinajstić information content (AvgIpc) is 2.28. The number of hydrogen-bond donors (Lipinski definition) is 1. The van der Waals surface area contributed by atoms with Gasteiger partial charge in [-0.2, -0.15) is 0 Å². The molecule has 1 fully saturated rings. The first kappa shape index (κ1) is 13.8. The summed E-state index contributed by atoms with van der Waals surface area (Å²) in [5.74, 6) is 0. The summed E-state index contributed by atoms with van der Waals surface area (Å²) in [6.07, 6.45) is 0. The monoisotopic (exact) mass is 262 g/mol. The molecule has 2 nitrogen and oxygen atoms in total. The highest BCUT2D eigenvalue weighted by Gasteiger charge is 2.17. The topological polar surface area (TPSA) is 15.3 Å². The van der Waals surface area contributed by atoms with Crippen LogP contribution in [0.5, 0.6) is 0 Å². The summed E-state index contributed by atoms with van der Waals surface area (Å²) in [7, 11) is -1.14. The lowest BCUT2D eigenvalue weighted by molar-refractivity contribution is 0.199. The number of nitrogens with one attached hydrogen (secondary N) is 1. The molecule has 0 radical (unpaired) electrons. The number of hydrogen-bond acceptors (Lipinski definition) is 2. The summed E-state index contributed by atoms with van der Waals surface area (Å²) < 4.78 is 0. The first-order chi connectivity index (χ1) is 8.45.